The first-order valence-electron chi connectivity index (χ1n) is 6.41. The van der Waals surface area contributed by atoms with Crippen LogP contribution in [-0.4, -0.2) is 29.7 Å². The van der Waals surface area contributed by atoms with Crippen molar-refractivity contribution < 1.29 is 19.7 Å². The van der Waals surface area contributed by atoms with Gasteiger partial charge in [-0.3, -0.25) is 0 Å². The maximum Gasteiger partial charge on any atom is 0.194 e. The van der Waals surface area contributed by atoms with E-state index >= 15 is 0 Å². The van der Waals surface area contributed by atoms with Gasteiger partial charge in [0, 0.05) is 0 Å². The third-order valence-corrected chi connectivity index (χ3v) is 2.15. The third-order valence-electron chi connectivity index (χ3n) is 2.15. The van der Waals surface area contributed by atoms with E-state index in [4.69, 9.17) is 19.7 Å². The molecule has 0 amide bonds. The van der Waals surface area contributed by atoms with Crippen LogP contribution in [0.1, 0.15) is 6.92 Å². The third kappa shape index (κ3) is 7.41. The molecular weight excluding hydrogens is 256 g/mol. The number of benzene rings is 2. The molecule has 4 heteroatoms. The van der Waals surface area contributed by atoms with Crippen molar-refractivity contribution in [3.05, 3.63) is 60.7 Å². The van der Waals surface area contributed by atoms with Crippen LogP contribution in [-0.2, 0) is 0 Å². The first kappa shape index (κ1) is 16.0. The van der Waals surface area contributed by atoms with E-state index in [-0.39, 0.29) is 6.61 Å². The zero-order valence-corrected chi connectivity index (χ0v) is 11.5. The van der Waals surface area contributed by atoms with Crippen molar-refractivity contribution in [1.82, 2.24) is 0 Å². The molecule has 0 saturated heterocycles. The van der Waals surface area contributed by atoms with Gasteiger partial charge in [0.2, 0.25) is 0 Å². The summed E-state index contributed by atoms with van der Waals surface area (Å²) in [4.78, 5) is 0. The van der Waals surface area contributed by atoms with E-state index in [9.17, 15) is 0 Å². The summed E-state index contributed by atoms with van der Waals surface area (Å²) < 4.78 is 10.1. The molecule has 0 aliphatic rings. The second-order valence-corrected chi connectivity index (χ2v) is 3.92. The van der Waals surface area contributed by atoms with E-state index in [1.807, 2.05) is 48.5 Å². The Bertz CT molecular complexity index is 443. The fraction of sp³-hybridized carbons (Fsp3) is 0.250. The lowest BCUT2D eigenvalue weighted by atomic mass is 10.3. The van der Waals surface area contributed by atoms with Gasteiger partial charge in [-0.05, 0) is 31.2 Å². The molecule has 0 radical (unpaired) electrons. The Hall–Kier alpha value is -2.04. The highest BCUT2D eigenvalue weighted by Gasteiger charge is 1.94. The molecular formula is C16H20O4. The standard InChI is InChI=1S/2C8H10O2/c1-7(9)10-8-5-3-2-4-6-8;9-6-7-10-8-4-2-1-3-5-8/h2-7,9H,1H3;1-5,9H,6-7H2. The van der Waals surface area contributed by atoms with Gasteiger partial charge in [0.25, 0.3) is 0 Å². The maximum absolute atomic E-state index is 8.78. The minimum atomic E-state index is -0.734. The monoisotopic (exact) mass is 276 g/mol. The predicted octanol–water partition coefficient (Wildman–Crippen LogP) is 2.46. The summed E-state index contributed by atoms with van der Waals surface area (Å²) in [6.45, 7) is 2.01. The Morgan fingerprint density at radius 3 is 1.85 bits per heavy atom. The SMILES string of the molecule is CC(O)Oc1ccccc1.OCCOc1ccccc1. The van der Waals surface area contributed by atoms with Crippen LogP contribution < -0.4 is 9.47 Å². The van der Waals surface area contributed by atoms with Crippen LogP contribution in [0.4, 0.5) is 0 Å². The van der Waals surface area contributed by atoms with Crippen molar-refractivity contribution in [2.75, 3.05) is 13.2 Å². The van der Waals surface area contributed by atoms with Crippen molar-refractivity contribution in [2.45, 2.75) is 13.2 Å². The van der Waals surface area contributed by atoms with Crippen molar-refractivity contribution in [1.29, 1.82) is 0 Å². The van der Waals surface area contributed by atoms with E-state index in [1.54, 1.807) is 19.1 Å². The van der Waals surface area contributed by atoms with Crippen LogP contribution in [0, 0.1) is 0 Å². The molecule has 0 spiro atoms. The average molecular weight is 276 g/mol. The molecule has 2 rings (SSSR count). The molecule has 2 N–H and O–H groups in total. The van der Waals surface area contributed by atoms with E-state index < -0.39 is 6.29 Å². The number of para-hydroxylation sites is 2. The van der Waals surface area contributed by atoms with E-state index in [1.165, 1.54) is 0 Å². The maximum atomic E-state index is 8.78. The normalized spacial score (nSPS) is 10.9. The highest BCUT2D eigenvalue weighted by atomic mass is 16.6. The lowest BCUT2D eigenvalue weighted by molar-refractivity contribution is -0.000288. The lowest BCUT2D eigenvalue weighted by Crippen LogP contribution is -2.08. The predicted molar refractivity (Wildman–Crippen MR) is 77.8 cm³/mol. The molecule has 0 bridgehead atoms. The van der Waals surface area contributed by atoms with Gasteiger partial charge in [-0.15, -0.1) is 0 Å². The molecule has 2 aromatic rings. The van der Waals surface area contributed by atoms with Crippen LogP contribution in [0.3, 0.4) is 0 Å². The van der Waals surface area contributed by atoms with Crippen molar-refractivity contribution in [3.63, 3.8) is 0 Å². The molecule has 0 fully saturated rings. The van der Waals surface area contributed by atoms with Gasteiger partial charge in [-0.2, -0.15) is 0 Å². The van der Waals surface area contributed by atoms with Crippen LogP contribution in [0.2, 0.25) is 0 Å². The average Bonchev–Trinajstić information content (AvgIpc) is 2.47. The van der Waals surface area contributed by atoms with E-state index in [2.05, 4.69) is 0 Å². The molecule has 0 aromatic heterocycles. The molecule has 20 heavy (non-hydrogen) atoms. The van der Waals surface area contributed by atoms with Gasteiger partial charge in [-0.1, -0.05) is 36.4 Å². The molecule has 1 atom stereocenters. The highest BCUT2D eigenvalue weighted by molar-refractivity contribution is 5.21. The number of ether oxygens (including phenoxy) is 2. The summed E-state index contributed by atoms with van der Waals surface area (Å²) >= 11 is 0. The first-order chi connectivity index (χ1) is 9.72. The quantitative estimate of drug-likeness (QED) is 0.824. The zero-order chi connectivity index (χ0) is 14.6. The molecule has 0 heterocycles. The molecule has 1 unspecified atom stereocenters. The van der Waals surface area contributed by atoms with Gasteiger partial charge in [-0.25, -0.2) is 0 Å². The summed E-state index contributed by atoms with van der Waals surface area (Å²) in [6.07, 6.45) is -0.734. The summed E-state index contributed by atoms with van der Waals surface area (Å²) in [5.74, 6) is 1.49. The summed E-state index contributed by atoms with van der Waals surface area (Å²) in [7, 11) is 0. The smallest absolute Gasteiger partial charge is 0.194 e. The molecule has 0 aliphatic heterocycles. The van der Waals surface area contributed by atoms with Crippen LogP contribution in [0.15, 0.2) is 60.7 Å². The van der Waals surface area contributed by atoms with Crippen LogP contribution in [0.5, 0.6) is 11.5 Å². The van der Waals surface area contributed by atoms with Gasteiger partial charge in [0.15, 0.2) is 6.29 Å². The number of rotatable bonds is 5. The number of aliphatic hydroxyl groups is 2. The number of hydrogen-bond donors (Lipinski definition) is 2. The number of hydrogen-bond acceptors (Lipinski definition) is 4. The Labute approximate surface area is 119 Å². The minimum Gasteiger partial charge on any atom is -0.491 e. The fourth-order valence-corrected chi connectivity index (χ4v) is 1.38. The van der Waals surface area contributed by atoms with Gasteiger partial charge in [0.05, 0.1) is 6.61 Å². The fourth-order valence-electron chi connectivity index (χ4n) is 1.38. The second kappa shape index (κ2) is 9.83. The summed E-state index contributed by atoms with van der Waals surface area (Å²) in [5.41, 5.74) is 0. The molecule has 0 saturated carbocycles. The Balaban J connectivity index is 0.000000200. The lowest BCUT2D eigenvalue weighted by Gasteiger charge is -2.06. The first-order valence-corrected chi connectivity index (χ1v) is 6.41. The number of aliphatic hydroxyl groups excluding tert-OH is 2. The second-order valence-electron chi connectivity index (χ2n) is 3.92. The van der Waals surface area contributed by atoms with E-state index in [0.717, 1.165) is 5.75 Å². The van der Waals surface area contributed by atoms with Crippen LogP contribution >= 0.6 is 0 Å². The summed E-state index contributed by atoms with van der Waals surface area (Å²) in [6, 6.07) is 18.6. The van der Waals surface area contributed by atoms with Crippen molar-refractivity contribution >= 4 is 0 Å². The largest absolute Gasteiger partial charge is 0.491 e. The van der Waals surface area contributed by atoms with Crippen LogP contribution in [0.25, 0.3) is 0 Å². The molecule has 4 nitrogen and oxygen atoms in total. The van der Waals surface area contributed by atoms with Crippen molar-refractivity contribution in [2.24, 2.45) is 0 Å². The van der Waals surface area contributed by atoms with Gasteiger partial charge < -0.3 is 19.7 Å². The topological polar surface area (TPSA) is 58.9 Å². The van der Waals surface area contributed by atoms with E-state index in [0.29, 0.717) is 12.4 Å². The molecule has 108 valence electrons. The highest BCUT2D eigenvalue weighted by Crippen LogP contribution is 2.09. The van der Waals surface area contributed by atoms with Crippen molar-refractivity contribution in [3.8, 4) is 11.5 Å². The molecule has 0 aliphatic carbocycles. The Morgan fingerprint density at radius 2 is 1.40 bits per heavy atom. The minimum absolute atomic E-state index is 0.0644. The van der Waals surface area contributed by atoms with Gasteiger partial charge >= 0.3 is 0 Å². The van der Waals surface area contributed by atoms with Gasteiger partial charge in [0.1, 0.15) is 18.1 Å². The Morgan fingerprint density at radius 1 is 0.900 bits per heavy atom. The molecule has 2 aromatic carbocycles. The summed E-state index contributed by atoms with van der Waals surface area (Å²) in [5, 5.41) is 17.2. The Kier molecular flexibility index (Phi) is 7.87. The zero-order valence-electron chi connectivity index (χ0n) is 11.5.